The van der Waals surface area contributed by atoms with Crippen LogP contribution >= 0.6 is 23.4 Å². The van der Waals surface area contributed by atoms with Crippen molar-refractivity contribution in [2.75, 3.05) is 5.32 Å². The zero-order chi connectivity index (χ0) is 18.7. The van der Waals surface area contributed by atoms with E-state index in [0.29, 0.717) is 15.9 Å². The lowest BCUT2D eigenvalue weighted by Crippen LogP contribution is -2.22. The number of rotatable bonds is 5. The van der Waals surface area contributed by atoms with Gasteiger partial charge in [0.15, 0.2) is 0 Å². The van der Waals surface area contributed by atoms with Gasteiger partial charge < -0.3 is 5.32 Å². The predicted octanol–water partition coefficient (Wildman–Crippen LogP) is 4.05. The van der Waals surface area contributed by atoms with Gasteiger partial charge in [-0.05, 0) is 72.7 Å². The van der Waals surface area contributed by atoms with E-state index in [0.717, 1.165) is 16.8 Å². The van der Waals surface area contributed by atoms with Crippen LogP contribution in [0, 0.1) is 13.8 Å². The molecule has 1 atom stereocenters. The largest absolute Gasteiger partial charge is 0.325 e. The van der Waals surface area contributed by atoms with Crippen LogP contribution in [0.4, 0.5) is 5.69 Å². The van der Waals surface area contributed by atoms with Crippen LogP contribution in [0.25, 0.3) is 5.69 Å². The maximum Gasteiger partial charge on any atom is 0.237 e. The Balaban J connectivity index is 1.75. The Morgan fingerprint density at radius 1 is 1.19 bits per heavy atom. The van der Waals surface area contributed by atoms with E-state index in [1.54, 1.807) is 28.9 Å². The highest BCUT2D eigenvalue weighted by Gasteiger charge is 2.20. The maximum atomic E-state index is 12.4. The quantitative estimate of drug-likeness (QED) is 0.668. The molecule has 1 heterocycles. The van der Waals surface area contributed by atoms with Gasteiger partial charge in [-0.1, -0.05) is 35.5 Å². The first-order valence-electron chi connectivity index (χ1n) is 8.03. The van der Waals surface area contributed by atoms with Gasteiger partial charge in [-0.25, -0.2) is 0 Å². The van der Waals surface area contributed by atoms with Crippen molar-refractivity contribution in [1.29, 1.82) is 0 Å². The average molecular weight is 388 g/mol. The van der Waals surface area contributed by atoms with Crippen molar-refractivity contribution in [1.82, 2.24) is 20.2 Å². The van der Waals surface area contributed by atoms with Gasteiger partial charge in [-0.2, -0.15) is 4.68 Å². The van der Waals surface area contributed by atoms with Crippen molar-refractivity contribution in [3.63, 3.8) is 0 Å². The van der Waals surface area contributed by atoms with E-state index in [-0.39, 0.29) is 11.2 Å². The number of carbonyl (C=O) groups excluding carboxylic acids is 1. The van der Waals surface area contributed by atoms with Gasteiger partial charge in [0.05, 0.1) is 10.9 Å². The van der Waals surface area contributed by atoms with Crippen LogP contribution < -0.4 is 5.32 Å². The first-order valence-corrected chi connectivity index (χ1v) is 9.29. The lowest BCUT2D eigenvalue weighted by molar-refractivity contribution is -0.115. The molecule has 0 radical (unpaired) electrons. The normalized spacial score (nSPS) is 12.0. The summed E-state index contributed by atoms with van der Waals surface area (Å²) in [6.07, 6.45) is 0. The van der Waals surface area contributed by atoms with Gasteiger partial charge in [0, 0.05) is 10.7 Å². The Kier molecular flexibility index (Phi) is 5.58. The van der Waals surface area contributed by atoms with Crippen LogP contribution in [0.5, 0.6) is 0 Å². The SMILES string of the molecule is Cc1ccc(C)c(-n2nnnc2S[C@H](C)C(=O)Nc2ccc(Cl)cc2)c1. The summed E-state index contributed by atoms with van der Waals surface area (Å²) in [6, 6.07) is 13.1. The minimum absolute atomic E-state index is 0.132. The van der Waals surface area contributed by atoms with Crippen LogP contribution in [0.1, 0.15) is 18.1 Å². The van der Waals surface area contributed by atoms with E-state index < -0.39 is 0 Å². The van der Waals surface area contributed by atoms with Gasteiger partial charge in [-0.15, -0.1) is 5.10 Å². The molecule has 2 aromatic carbocycles. The van der Waals surface area contributed by atoms with Crippen molar-refractivity contribution >= 4 is 35.0 Å². The lowest BCUT2D eigenvalue weighted by atomic mass is 10.1. The summed E-state index contributed by atoms with van der Waals surface area (Å²) in [5.41, 5.74) is 3.78. The first-order chi connectivity index (χ1) is 12.4. The number of aromatic nitrogens is 4. The molecule has 0 aliphatic heterocycles. The summed E-state index contributed by atoms with van der Waals surface area (Å²) in [7, 11) is 0. The number of anilines is 1. The molecule has 3 rings (SSSR count). The summed E-state index contributed by atoms with van der Waals surface area (Å²) >= 11 is 7.17. The van der Waals surface area contributed by atoms with Crippen molar-refractivity contribution in [2.24, 2.45) is 0 Å². The number of tetrazole rings is 1. The van der Waals surface area contributed by atoms with E-state index in [9.17, 15) is 4.79 Å². The van der Waals surface area contributed by atoms with Gasteiger partial charge in [0.1, 0.15) is 0 Å². The molecule has 0 spiro atoms. The molecule has 0 aliphatic rings. The fraction of sp³-hybridized carbons (Fsp3) is 0.222. The Labute approximate surface area is 160 Å². The fourth-order valence-electron chi connectivity index (χ4n) is 2.34. The van der Waals surface area contributed by atoms with Crippen molar-refractivity contribution in [2.45, 2.75) is 31.2 Å². The topological polar surface area (TPSA) is 72.7 Å². The maximum absolute atomic E-state index is 12.4. The van der Waals surface area contributed by atoms with Crippen molar-refractivity contribution < 1.29 is 4.79 Å². The Bertz CT molecular complexity index is 926. The lowest BCUT2D eigenvalue weighted by Gasteiger charge is -2.13. The molecular formula is C18H18ClN5OS. The fourth-order valence-corrected chi connectivity index (χ4v) is 3.27. The molecule has 3 aromatic rings. The van der Waals surface area contributed by atoms with Crippen molar-refractivity contribution in [3.05, 3.63) is 58.6 Å². The molecule has 1 amide bonds. The molecule has 1 aromatic heterocycles. The van der Waals surface area contributed by atoms with E-state index >= 15 is 0 Å². The van der Waals surface area contributed by atoms with E-state index in [1.165, 1.54) is 11.8 Å². The Morgan fingerprint density at radius 2 is 1.92 bits per heavy atom. The molecule has 6 nitrogen and oxygen atoms in total. The standard InChI is InChI=1S/C18H18ClN5OS/c1-11-4-5-12(2)16(10-11)24-18(21-22-23-24)26-13(3)17(25)20-15-8-6-14(19)7-9-15/h4-10,13H,1-3H3,(H,20,25)/t13-/m1/s1. The summed E-state index contributed by atoms with van der Waals surface area (Å²) in [6.45, 7) is 5.84. The van der Waals surface area contributed by atoms with E-state index in [2.05, 4.69) is 20.8 Å². The van der Waals surface area contributed by atoms with E-state index in [4.69, 9.17) is 11.6 Å². The summed E-state index contributed by atoms with van der Waals surface area (Å²) in [5.74, 6) is -0.132. The van der Waals surface area contributed by atoms with Gasteiger partial charge in [-0.3, -0.25) is 4.79 Å². The highest BCUT2D eigenvalue weighted by molar-refractivity contribution is 8.00. The number of carbonyl (C=O) groups is 1. The summed E-state index contributed by atoms with van der Waals surface area (Å²) in [4.78, 5) is 12.4. The van der Waals surface area contributed by atoms with E-state index in [1.807, 2.05) is 39.0 Å². The number of halogens is 1. The number of amides is 1. The molecule has 0 saturated heterocycles. The summed E-state index contributed by atoms with van der Waals surface area (Å²) < 4.78 is 1.67. The first kappa shape index (κ1) is 18.4. The monoisotopic (exact) mass is 387 g/mol. The molecule has 0 bridgehead atoms. The van der Waals surface area contributed by atoms with Crippen LogP contribution in [0.2, 0.25) is 5.02 Å². The molecular weight excluding hydrogens is 370 g/mol. The van der Waals surface area contributed by atoms with Gasteiger partial charge >= 0.3 is 0 Å². The van der Waals surface area contributed by atoms with Crippen LogP contribution in [0.3, 0.4) is 0 Å². The predicted molar refractivity (Wildman–Crippen MR) is 104 cm³/mol. The zero-order valence-corrected chi connectivity index (χ0v) is 16.2. The molecule has 1 N–H and O–H groups in total. The zero-order valence-electron chi connectivity index (χ0n) is 14.6. The molecule has 26 heavy (non-hydrogen) atoms. The number of hydrogen-bond donors (Lipinski definition) is 1. The number of thioether (sulfide) groups is 1. The van der Waals surface area contributed by atoms with Gasteiger partial charge in [0.25, 0.3) is 0 Å². The third-order valence-corrected chi connectivity index (χ3v) is 5.08. The molecule has 0 saturated carbocycles. The smallest absolute Gasteiger partial charge is 0.237 e. The molecule has 0 aliphatic carbocycles. The Hall–Kier alpha value is -2.38. The summed E-state index contributed by atoms with van der Waals surface area (Å²) in [5, 5.41) is 15.6. The third-order valence-electron chi connectivity index (χ3n) is 3.80. The number of nitrogens with zero attached hydrogens (tertiary/aromatic N) is 4. The average Bonchev–Trinajstić information content (AvgIpc) is 3.07. The molecule has 0 unspecified atom stereocenters. The second-order valence-corrected chi connectivity index (χ2v) is 7.66. The molecule has 134 valence electrons. The highest BCUT2D eigenvalue weighted by atomic mass is 35.5. The number of benzene rings is 2. The third kappa shape index (κ3) is 4.23. The minimum atomic E-state index is -0.374. The second kappa shape index (κ2) is 7.88. The highest BCUT2D eigenvalue weighted by Crippen LogP contribution is 2.25. The number of nitrogens with one attached hydrogen (secondary N) is 1. The van der Waals surface area contributed by atoms with Gasteiger partial charge in [0.2, 0.25) is 11.1 Å². The van der Waals surface area contributed by atoms with Crippen LogP contribution in [-0.2, 0) is 4.79 Å². The molecule has 0 fully saturated rings. The molecule has 8 heteroatoms. The second-order valence-electron chi connectivity index (χ2n) is 5.92. The van der Waals surface area contributed by atoms with Crippen molar-refractivity contribution in [3.8, 4) is 5.69 Å². The van der Waals surface area contributed by atoms with Crippen LogP contribution in [-0.4, -0.2) is 31.4 Å². The number of aryl methyl sites for hydroxylation is 2. The number of hydrogen-bond acceptors (Lipinski definition) is 5. The van der Waals surface area contributed by atoms with Crippen LogP contribution in [0.15, 0.2) is 47.6 Å². The Morgan fingerprint density at radius 3 is 2.65 bits per heavy atom. The minimum Gasteiger partial charge on any atom is -0.325 e.